The average Bonchev–Trinajstić information content (AvgIpc) is 3.01. The number of carboxylic acid groups (broad SMARTS) is 1. The summed E-state index contributed by atoms with van der Waals surface area (Å²) >= 11 is 0. The fourth-order valence-electron chi connectivity index (χ4n) is 2.34. The smallest absolute Gasteiger partial charge is 0.308 e. The van der Waals surface area contributed by atoms with Crippen molar-refractivity contribution in [3.63, 3.8) is 0 Å². The summed E-state index contributed by atoms with van der Waals surface area (Å²) in [7, 11) is 0. The lowest BCUT2D eigenvalue weighted by Crippen LogP contribution is -2.47. The SMILES string of the molecule is CC1CCC(C(=O)O)CN1C(=O)CC1CC1. The Hall–Kier alpha value is -1.06. The molecule has 0 spiro atoms. The number of aliphatic carboxylic acids is 1. The van der Waals surface area contributed by atoms with Crippen LogP contribution in [-0.2, 0) is 9.59 Å². The van der Waals surface area contributed by atoms with Crippen LogP contribution in [0.4, 0.5) is 0 Å². The molecule has 0 bridgehead atoms. The van der Waals surface area contributed by atoms with Crippen molar-refractivity contribution in [3.8, 4) is 0 Å². The molecule has 90 valence electrons. The summed E-state index contributed by atoms with van der Waals surface area (Å²) in [5.41, 5.74) is 0. The summed E-state index contributed by atoms with van der Waals surface area (Å²) in [6, 6.07) is 0.210. The van der Waals surface area contributed by atoms with Crippen molar-refractivity contribution in [2.75, 3.05) is 6.54 Å². The van der Waals surface area contributed by atoms with E-state index in [1.807, 2.05) is 6.92 Å². The van der Waals surface area contributed by atoms with Gasteiger partial charge in [-0.25, -0.2) is 0 Å². The van der Waals surface area contributed by atoms with Gasteiger partial charge in [0.05, 0.1) is 5.92 Å². The molecule has 1 saturated heterocycles. The second kappa shape index (κ2) is 4.44. The minimum absolute atomic E-state index is 0.154. The van der Waals surface area contributed by atoms with Gasteiger partial charge in [0.15, 0.2) is 0 Å². The van der Waals surface area contributed by atoms with Gasteiger partial charge >= 0.3 is 5.97 Å². The number of carbonyl (C=O) groups is 2. The van der Waals surface area contributed by atoms with Gasteiger partial charge in [-0.05, 0) is 38.5 Å². The molecule has 1 amide bonds. The van der Waals surface area contributed by atoms with Crippen LogP contribution in [0.2, 0.25) is 0 Å². The van der Waals surface area contributed by atoms with E-state index in [9.17, 15) is 9.59 Å². The van der Waals surface area contributed by atoms with E-state index >= 15 is 0 Å². The van der Waals surface area contributed by atoms with Crippen LogP contribution < -0.4 is 0 Å². The van der Waals surface area contributed by atoms with Gasteiger partial charge in [0.2, 0.25) is 5.91 Å². The van der Waals surface area contributed by atoms with Gasteiger partial charge in [0.1, 0.15) is 0 Å². The van der Waals surface area contributed by atoms with E-state index in [-0.39, 0.29) is 17.9 Å². The van der Waals surface area contributed by atoms with Crippen LogP contribution in [-0.4, -0.2) is 34.5 Å². The van der Waals surface area contributed by atoms with E-state index in [2.05, 4.69) is 0 Å². The number of carbonyl (C=O) groups excluding carboxylic acids is 1. The molecule has 2 rings (SSSR count). The zero-order valence-corrected chi connectivity index (χ0v) is 9.69. The fraction of sp³-hybridized carbons (Fsp3) is 0.833. The molecule has 1 N–H and O–H groups in total. The molecule has 1 aliphatic carbocycles. The number of hydrogen-bond acceptors (Lipinski definition) is 2. The first-order valence-corrected chi connectivity index (χ1v) is 6.10. The molecule has 1 heterocycles. The largest absolute Gasteiger partial charge is 0.481 e. The Morgan fingerprint density at radius 2 is 1.94 bits per heavy atom. The topological polar surface area (TPSA) is 57.6 Å². The van der Waals surface area contributed by atoms with Crippen molar-refractivity contribution in [2.24, 2.45) is 11.8 Å². The zero-order chi connectivity index (χ0) is 11.7. The standard InChI is InChI=1S/C12H19NO3/c1-8-2-5-10(12(15)16)7-13(8)11(14)6-9-3-4-9/h8-10H,2-7H2,1H3,(H,15,16). The number of carboxylic acids is 1. The van der Waals surface area contributed by atoms with Crippen LogP contribution in [0.15, 0.2) is 0 Å². The first-order chi connectivity index (χ1) is 7.58. The highest BCUT2D eigenvalue weighted by Crippen LogP contribution is 2.34. The molecule has 0 aromatic heterocycles. The van der Waals surface area contributed by atoms with Crippen LogP contribution in [0.25, 0.3) is 0 Å². The fourth-order valence-corrected chi connectivity index (χ4v) is 2.34. The third-order valence-electron chi connectivity index (χ3n) is 3.71. The number of amides is 1. The number of likely N-dealkylation sites (tertiary alicyclic amines) is 1. The van der Waals surface area contributed by atoms with Crippen LogP contribution in [0.1, 0.15) is 39.0 Å². The third kappa shape index (κ3) is 2.54. The summed E-state index contributed by atoms with van der Waals surface area (Å²) in [5.74, 6) is -0.402. The Bertz CT molecular complexity index is 299. The number of piperidine rings is 1. The Morgan fingerprint density at radius 3 is 2.50 bits per heavy atom. The lowest BCUT2D eigenvalue weighted by Gasteiger charge is -2.36. The van der Waals surface area contributed by atoms with E-state index in [4.69, 9.17) is 5.11 Å². The molecule has 2 fully saturated rings. The summed E-state index contributed by atoms with van der Waals surface area (Å²) in [5, 5.41) is 8.98. The molecule has 0 aromatic carbocycles. The number of rotatable bonds is 3. The van der Waals surface area contributed by atoms with Gasteiger partial charge in [-0.15, -0.1) is 0 Å². The molecule has 0 radical (unpaired) electrons. The molecular weight excluding hydrogens is 206 g/mol. The van der Waals surface area contributed by atoms with Gasteiger partial charge in [-0.3, -0.25) is 9.59 Å². The van der Waals surface area contributed by atoms with Crippen molar-refractivity contribution in [1.82, 2.24) is 4.90 Å². The van der Waals surface area contributed by atoms with Gasteiger partial charge in [-0.1, -0.05) is 0 Å². The predicted molar refractivity (Wildman–Crippen MR) is 58.9 cm³/mol. The highest BCUT2D eigenvalue weighted by molar-refractivity contribution is 5.78. The summed E-state index contributed by atoms with van der Waals surface area (Å²) in [6.07, 6.45) is 4.46. The van der Waals surface area contributed by atoms with E-state index < -0.39 is 5.97 Å². The maximum atomic E-state index is 12.0. The molecule has 1 saturated carbocycles. The Balaban J connectivity index is 1.93. The first kappa shape index (κ1) is 11.4. The Morgan fingerprint density at radius 1 is 1.25 bits per heavy atom. The first-order valence-electron chi connectivity index (χ1n) is 6.10. The molecule has 2 aliphatic rings. The molecule has 2 atom stereocenters. The van der Waals surface area contributed by atoms with Crippen molar-refractivity contribution < 1.29 is 14.7 Å². The minimum Gasteiger partial charge on any atom is -0.481 e. The Kier molecular flexibility index (Phi) is 3.17. The summed E-state index contributed by atoms with van der Waals surface area (Å²) in [6.45, 7) is 2.42. The second-order valence-electron chi connectivity index (χ2n) is 5.16. The van der Waals surface area contributed by atoms with Crippen LogP contribution in [0.5, 0.6) is 0 Å². The highest BCUT2D eigenvalue weighted by Gasteiger charge is 2.34. The number of hydrogen-bond donors (Lipinski definition) is 1. The van der Waals surface area contributed by atoms with Crippen molar-refractivity contribution >= 4 is 11.9 Å². The lowest BCUT2D eigenvalue weighted by atomic mass is 9.93. The van der Waals surface area contributed by atoms with E-state index in [0.29, 0.717) is 25.3 Å². The van der Waals surface area contributed by atoms with E-state index in [1.54, 1.807) is 4.90 Å². The molecule has 2 unspecified atom stereocenters. The average molecular weight is 225 g/mol. The quantitative estimate of drug-likeness (QED) is 0.791. The van der Waals surface area contributed by atoms with Gasteiger partial charge in [-0.2, -0.15) is 0 Å². The van der Waals surface area contributed by atoms with Crippen molar-refractivity contribution in [1.29, 1.82) is 0 Å². The summed E-state index contributed by atoms with van der Waals surface area (Å²) in [4.78, 5) is 24.7. The minimum atomic E-state index is -0.767. The molecule has 4 nitrogen and oxygen atoms in total. The second-order valence-corrected chi connectivity index (χ2v) is 5.16. The predicted octanol–water partition coefficient (Wildman–Crippen LogP) is 1.50. The van der Waals surface area contributed by atoms with Gasteiger partial charge in [0, 0.05) is 19.0 Å². The lowest BCUT2D eigenvalue weighted by molar-refractivity contribution is -0.147. The van der Waals surface area contributed by atoms with Crippen LogP contribution in [0.3, 0.4) is 0 Å². The van der Waals surface area contributed by atoms with Gasteiger partial charge in [0.25, 0.3) is 0 Å². The molecule has 16 heavy (non-hydrogen) atoms. The van der Waals surface area contributed by atoms with Crippen molar-refractivity contribution in [2.45, 2.75) is 45.1 Å². The van der Waals surface area contributed by atoms with Crippen molar-refractivity contribution in [3.05, 3.63) is 0 Å². The normalized spacial score (nSPS) is 30.2. The summed E-state index contributed by atoms with van der Waals surface area (Å²) < 4.78 is 0. The molecular formula is C12H19NO3. The van der Waals surface area contributed by atoms with Gasteiger partial charge < -0.3 is 10.0 Å². The monoisotopic (exact) mass is 225 g/mol. The highest BCUT2D eigenvalue weighted by atomic mass is 16.4. The van der Waals surface area contributed by atoms with E-state index in [0.717, 1.165) is 19.3 Å². The Labute approximate surface area is 95.6 Å². The van der Waals surface area contributed by atoms with Crippen LogP contribution in [0, 0.1) is 11.8 Å². The van der Waals surface area contributed by atoms with Crippen LogP contribution >= 0.6 is 0 Å². The zero-order valence-electron chi connectivity index (χ0n) is 9.69. The maximum Gasteiger partial charge on any atom is 0.308 e. The molecule has 4 heteroatoms. The molecule has 0 aromatic rings. The third-order valence-corrected chi connectivity index (χ3v) is 3.71. The maximum absolute atomic E-state index is 12.0. The van der Waals surface area contributed by atoms with E-state index in [1.165, 1.54) is 0 Å². The number of nitrogens with zero attached hydrogens (tertiary/aromatic N) is 1. The molecule has 1 aliphatic heterocycles.